The number of nitrogens with one attached hydrogen (secondary N) is 2. The fraction of sp³-hybridized carbons (Fsp3) is 0.208. The molecule has 0 atom stereocenters. The van der Waals surface area contributed by atoms with E-state index >= 15 is 0 Å². The van der Waals surface area contributed by atoms with Crippen molar-refractivity contribution in [3.63, 3.8) is 0 Å². The Kier molecular flexibility index (Phi) is 8.04. The maximum Gasteiger partial charge on any atom is 0.431 e. The van der Waals surface area contributed by atoms with Crippen LogP contribution in [0.1, 0.15) is 26.3 Å². The van der Waals surface area contributed by atoms with E-state index in [1.165, 1.54) is 30.5 Å². The van der Waals surface area contributed by atoms with Crippen LogP contribution in [0.3, 0.4) is 0 Å². The van der Waals surface area contributed by atoms with E-state index in [9.17, 15) is 13.2 Å². The van der Waals surface area contributed by atoms with Gasteiger partial charge in [0, 0.05) is 28.9 Å². The average Bonchev–Trinajstić information content (AvgIpc) is 2.78. The van der Waals surface area contributed by atoms with Crippen LogP contribution in [0.25, 0.3) is 11.1 Å². The highest BCUT2D eigenvalue weighted by Gasteiger charge is 2.36. The third-order valence-corrected chi connectivity index (χ3v) is 6.87. The summed E-state index contributed by atoms with van der Waals surface area (Å²) in [6.45, 7) is 4.78. The Labute approximate surface area is 214 Å². The first kappa shape index (κ1) is 26.5. The SMILES string of the molecule is CC(C)(C)OC(=O)N(C(=N)NCc1cnc(Cl)c(-c2ccccc2Cl)c1)S(=O)(=O)c1ccccc1. The van der Waals surface area contributed by atoms with E-state index in [4.69, 9.17) is 33.3 Å². The third-order valence-electron chi connectivity index (χ3n) is 4.56. The number of guanidine groups is 1. The van der Waals surface area contributed by atoms with E-state index in [1.807, 2.05) is 6.07 Å². The molecule has 0 radical (unpaired) electrons. The maximum atomic E-state index is 13.2. The highest BCUT2D eigenvalue weighted by Crippen LogP contribution is 2.32. The van der Waals surface area contributed by atoms with Gasteiger partial charge < -0.3 is 10.1 Å². The molecule has 0 aliphatic rings. The van der Waals surface area contributed by atoms with E-state index in [2.05, 4.69) is 10.3 Å². The number of nitrogens with zero attached hydrogens (tertiary/aromatic N) is 2. The Morgan fingerprint density at radius 2 is 1.69 bits per heavy atom. The molecule has 3 rings (SSSR count). The Hall–Kier alpha value is -3.14. The zero-order valence-electron chi connectivity index (χ0n) is 19.2. The van der Waals surface area contributed by atoms with Crippen molar-refractivity contribution >= 4 is 45.3 Å². The first-order chi connectivity index (χ1) is 16.4. The van der Waals surface area contributed by atoms with Crippen molar-refractivity contribution in [2.24, 2.45) is 0 Å². The minimum Gasteiger partial charge on any atom is -0.443 e. The van der Waals surface area contributed by atoms with Crippen molar-refractivity contribution in [1.82, 2.24) is 14.6 Å². The van der Waals surface area contributed by atoms with Gasteiger partial charge in [-0.1, -0.05) is 59.6 Å². The largest absolute Gasteiger partial charge is 0.443 e. The Bertz CT molecular complexity index is 1340. The summed E-state index contributed by atoms with van der Waals surface area (Å²) in [5.41, 5.74) is 0.844. The van der Waals surface area contributed by atoms with E-state index in [0.717, 1.165) is 0 Å². The Morgan fingerprint density at radius 3 is 2.31 bits per heavy atom. The summed E-state index contributed by atoms with van der Waals surface area (Å²) in [6.07, 6.45) is 0.275. The zero-order valence-corrected chi connectivity index (χ0v) is 21.6. The second-order valence-electron chi connectivity index (χ2n) is 8.43. The molecule has 0 aliphatic heterocycles. The van der Waals surface area contributed by atoms with Crippen molar-refractivity contribution in [1.29, 1.82) is 5.41 Å². The van der Waals surface area contributed by atoms with Gasteiger partial charge in [0.1, 0.15) is 10.8 Å². The van der Waals surface area contributed by atoms with E-state index in [1.54, 1.807) is 51.1 Å². The fourth-order valence-electron chi connectivity index (χ4n) is 3.02. The van der Waals surface area contributed by atoms with Crippen molar-refractivity contribution in [2.75, 3.05) is 0 Å². The molecular weight excluding hydrogens is 511 g/mol. The molecule has 3 aromatic rings. The van der Waals surface area contributed by atoms with Crippen LogP contribution in [0.4, 0.5) is 4.79 Å². The Balaban J connectivity index is 1.89. The number of hydrogen-bond acceptors (Lipinski definition) is 6. The Morgan fingerprint density at radius 1 is 1.06 bits per heavy atom. The summed E-state index contributed by atoms with van der Waals surface area (Å²) in [4.78, 5) is 16.9. The van der Waals surface area contributed by atoms with Crippen molar-refractivity contribution in [3.05, 3.63) is 82.6 Å². The monoisotopic (exact) mass is 534 g/mol. The van der Waals surface area contributed by atoms with Gasteiger partial charge in [0.05, 0.1) is 4.90 Å². The van der Waals surface area contributed by atoms with E-state index < -0.39 is 27.7 Å². The maximum absolute atomic E-state index is 13.2. The quantitative estimate of drug-likeness (QED) is 0.246. The summed E-state index contributed by atoms with van der Waals surface area (Å²) in [6, 6.07) is 16.2. The molecule has 35 heavy (non-hydrogen) atoms. The van der Waals surface area contributed by atoms with Crippen LogP contribution in [0.15, 0.2) is 71.8 Å². The van der Waals surface area contributed by atoms with Gasteiger partial charge in [0.25, 0.3) is 10.0 Å². The molecule has 0 unspecified atom stereocenters. The number of sulfonamides is 1. The first-order valence-corrected chi connectivity index (χ1v) is 12.6. The highest BCUT2D eigenvalue weighted by atomic mass is 35.5. The van der Waals surface area contributed by atoms with Crippen LogP contribution in [0.5, 0.6) is 0 Å². The second-order valence-corrected chi connectivity index (χ2v) is 11.0. The average molecular weight is 535 g/mol. The number of carbonyl (C=O) groups is 1. The molecule has 1 heterocycles. The molecule has 1 aromatic heterocycles. The number of hydrogen-bond donors (Lipinski definition) is 2. The normalized spacial score (nSPS) is 11.6. The van der Waals surface area contributed by atoms with Crippen LogP contribution in [-0.2, 0) is 21.3 Å². The number of carbonyl (C=O) groups excluding carboxylic acids is 1. The molecule has 11 heteroatoms. The van der Waals surface area contributed by atoms with Gasteiger partial charge >= 0.3 is 6.09 Å². The molecule has 0 saturated carbocycles. The third kappa shape index (κ3) is 6.50. The molecule has 0 bridgehead atoms. The van der Waals surface area contributed by atoms with Crippen LogP contribution in [0.2, 0.25) is 10.2 Å². The van der Waals surface area contributed by atoms with Crippen molar-refractivity contribution < 1.29 is 17.9 Å². The van der Waals surface area contributed by atoms with Crippen LogP contribution in [0, 0.1) is 5.41 Å². The lowest BCUT2D eigenvalue weighted by Crippen LogP contribution is -2.49. The minimum atomic E-state index is -4.42. The molecule has 2 N–H and O–H groups in total. The summed E-state index contributed by atoms with van der Waals surface area (Å²) in [7, 11) is -4.42. The van der Waals surface area contributed by atoms with Crippen LogP contribution in [-0.4, -0.2) is 35.4 Å². The molecular formula is C24H24Cl2N4O4S. The van der Waals surface area contributed by atoms with Gasteiger partial charge in [-0.25, -0.2) is 18.2 Å². The van der Waals surface area contributed by atoms with Crippen molar-refractivity contribution in [3.8, 4) is 11.1 Å². The first-order valence-electron chi connectivity index (χ1n) is 10.5. The van der Waals surface area contributed by atoms with Gasteiger partial charge in [-0.3, -0.25) is 5.41 Å². The number of rotatable bonds is 5. The molecule has 184 valence electrons. The van der Waals surface area contributed by atoms with Gasteiger partial charge in [0.2, 0.25) is 5.96 Å². The van der Waals surface area contributed by atoms with Gasteiger partial charge in [-0.2, -0.15) is 0 Å². The summed E-state index contributed by atoms with van der Waals surface area (Å²) < 4.78 is 32.0. The number of aromatic nitrogens is 1. The molecule has 0 aliphatic carbocycles. The lowest BCUT2D eigenvalue weighted by molar-refractivity contribution is 0.0460. The van der Waals surface area contributed by atoms with Crippen LogP contribution < -0.4 is 5.32 Å². The zero-order chi connectivity index (χ0) is 25.8. The van der Waals surface area contributed by atoms with Crippen LogP contribution >= 0.6 is 23.2 Å². The molecule has 1 amide bonds. The minimum absolute atomic E-state index is 0.0237. The van der Waals surface area contributed by atoms with Crippen molar-refractivity contribution in [2.45, 2.75) is 37.8 Å². The molecule has 8 nitrogen and oxygen atoms in total. The fourth-order valence-corrected chi connectivity index (χ4v) is 4.72. The second kappa shape index (κ2) is 10.6. The topological polar surface area (TPSA) is 112 Å². The summed E-state index contributed by atoms with van der Waals surface area (Å²) in [5, 5.41) is 11.8. The standard InChI is InChI=1S/C24H24Cl2N4O4S/c1-24(2,3)34-23(31)30(35(32,33)17-9-5-4-6-10-17)22(27)29-15-16-13-19(21(26)28-14-16)18-11-7-8-12-20(18)25/h4-14H,15H2,1-3H3,(H2,27,29). The molecule has 0 fully saturated rings. The van der Waals surface area contributed by atoms with E-state index in [0.29, 0.717) is 26.0 Å². The van der Waals surface area contributed by atoms with Gasteiger partial charge in [0.15, 0.2) is 0 Å². The number of halogens is 2. The molecule has 2 aromatic carbocycles. The van der Waals surface area contributed by atoms with Gasteiger partial charge in [-0.05, 0) is 50.6 Å². The number of benzene rings is 2. The number of ether oxygens (including phenoxy) is 1. The summed E-state index contributed by atoms with van der Waals surface area (Å²) in [5.74, 6) is -0.683. The highest BCUT2D eigenvalue weighted by molar-refractivity contribution is 7.90. The molecule has 0 saturated heterocycles. The lowest BCUT2D eigenvalue weighted by Gasteiger charge is -2.27. The number of pyridine rings is 1. The van der Waals surface area contributed by atoms with Gasteiger partial charge in [-0.15, -0.1) is 4.31 Å². The lowest BCUT2D eigenvalue weighted by atomic mass is 10.1. The van der Waals surface area contributed by atoms with E-state index in [-0.39, 0.29) is 16.6 Å². The smallest absolute Gasteiger partial charge is 0.431 e. The number of amides is 1. The predicted molar refractivity (Wildman–Crippen MR) is 136 cm³/mol. The predicted octanol–water partition coefficient (Wildman–Crippen LogP) is 5.71. The summed E-state index contributed by atoms with van der Waals surface area (Å²) >= 11 is 12.6. The molecule has 0 spiro atoms.